The number of carbonyl (C=O) groups is 1. The highest BCUT2D eigenvalue weighted by Gasteiger charge is 2.31. The highest BCUT2D eigenvalue weighted by atomic mass is 32.2. The van der Waals surface area contributed by atoms with E-state index in [0.717, 1.165) is 23.4 Å². The summed E-state index contributed by atoms with van der Waals surface area (Å²) in [6, 6.07) is 11.4. The van der Waals surface area contributed by atoms with Crippen molar-refractivity contribution in [1.29, 1.82) is 0 Å². The summed E-state index contributed by atoms with van der Waals surface area (Å²) in [5.41, 5.74) is 0.487. The van der Waals surface area contributed by atoms with Crippen LogP contribution >= 0.6 is 0 Å². The van der Waals surface area contributed by atoms with Crippen LogP contribution in [0.25, 0.3) is 0 Å². The van der Waals surface area contributed by atoms with Crippen molar-refractivity contribution >= 4 is 37.3 Å². The first kappa shape index (κ1) is 24.0. The van der Waals surface area contributed by atoms with Crippen molar-refractivity contribution in [2.24, 2.45) is 0 Å². The number of carbonyl (C=O) groups excluding carboxylic acids is 1. The van der Waals surface area contributed by atoms with Crippen LogP contribution in [0.15, 0.2) is 53.4 Å². The van der Waals surface area contributed by atoms with E-state index in [2.05, 4.69) is 5.32 Å². The van der Waals surface area contributed by atoms with Crippen molar-refractivity contribution in [3.05, 3.63) is 48.5 Å². The number of ether oxygens (including phenoxy) is 1. The zero-order chi connectivity index (χ0) is 23.5. The maximum Gasteiger partial charge on any atom is 0.248 e. The van der Waals surface area contributed by atoms with E-state index >= 15 is 0 Å². The fraction of sp³-hybridized carbons (Fsp3) is 0.381. The first-order valence-electron chi connectivity index (χ1n) is 10.1. The van der Waals surface area contributed by atoms with Crippen LogP contribution in [0, 0.1) is 0 Å². The van der Waals surface area contributed by atoms with Gasteiger partial charge in [-0.3, -0.25) is 9.10 Å². The van der Waals surface area contributed by atoms with Crippen LogP contribution in [-0.4, -0.2) is 59.5 Å². The number of nitrogens with zero attached hydrogens (tertiary/aromatic N) is 2. The molecule has 32 heavy (non-hydrogen) atoms. The second kappa shape index (κ2) is 9.47. The fourth-order valence-corrected chi connectivity index (χ4v) is 6.36. The molecule has 0 saturated carbocycles. The van der Waals surface area contributed by atoms with Crippen LogP contribution in [0.5, 0.6) is 5.75 Å². The SMILES string of the molecule is COc1ccc(S(=O)(=O)N2CCCC2)cc1NC(=O)[C@H](C)N(c1ccccc1)S(C)(=O)=O. The Morgan fingerprint density at radius 3 is 2.25 bits per heavy atom. The lowest BCUT2D eigenvalue weighted by atomic mass is 10.2. The fourth-order valence-electron chi connectivity index (χ4n) is 3.64. The third kappa shape index (κ3) is 5.05. The number of methoxy groups -OCH3 is 1. The molecule has 1 fully saturated rings. The third-order valence-corrected chi connectivity index (χ3v) is 8.37. The Balaban J connectivity index is 1.92. The number of para-hydroxylation sites is 1. The molecule has 1 atom stereocenters. The minimum absolute atomic E-state index is 0.0335. The minimum Gasteiger partial charge on any atom is -0.495 e. The predicted molar refractivity (Wildman–Crippen MR) is 123 cm³/mol. The van der Waals surface area contributed by atoms with E-state index in [1.54, 1.807) is 30.3 Å². The highest BCUT2D eigenvalue weighted by Crippen LogP contribution is 2.31. The van der Waals surface area contributed by atoms with Crippen molar-refractivity contribution in [2.75, 3.05) is 36.1 Å². The molecule has 174 valence electrons. The summed E-state index contributed by atoms with van der Waals surface area (Å²) in [5.74, 6) is -0.371. The van der Waals surface area contributed by atoms with E-state index < -0.39 is 32.0 Å². The van der Waals surface area contributed by atoms with Crippen molar-refractivity contribution < 1.29 is 26.4 Å². The first-order valence-corrected chi connectivity index (χ1v) is 13.4. The zero-order valence-electron chi connectivity index (χ0n) is 18.2. The topological polar surface area (TPSA) is 113 Å². The molecule has 0 aliphatic carbocycles. The van der Waals surface area contributed by atoms with E-state index in [1.807, 2.05) is 0 Å². The second-order valence-corrected chi connectivity index (χ2v) is 11.3. The Kier molecular flexibility index (Phi) is 7.11. The van der Waals surface area contributed by atoms with Crippen LogP contribution < -0.4 is 14.4 Å². The first-order chi connectivity index (χ1) is 15.1. The molecule has 2 aromatic carbocycles. The van der Waals surface area contributed by atoms with Gasteiger partial charge >= 0.3 is 0 Å². The molecule has 1 heterocycles. The van der Waals surface area contributed by atoms with Crippen LogP contribution in [-0.2, 0) is 24.8 Å². The lowest BCUT2D eigenvalue weighted by Crippen LogP contribution is -2.45. The van der Waals surface area contributed by atoms with Crippen LogP contribution in [0.1, 0.15) is 19.8 Å². The third-order valence-electron chi connectivity index (χ3n) is 5.23. The molecule has 1 aliphatic rings. The van der Waals surface area contributed by atoms with Gasteiger partial charge in [0.15, 0.2) is 0 Å². The quantitative estimate of drug-likeness (QED) is 0.619. The molecular weight excluding hydrogens is 454 g/mol. The average Bonchev–Trinajstić information content (AvgIpc) is 3.29. The molecule has 9 nitrogen and oxygen atoms in total. The molecule has 1 amide bonds. The maximum atomic E-state index is 13.0. The van der Waals surface area contributed by atoms with Gasteiger partial charge in [0.25, 0.3) is 0 Å². The number of hydrogen-bond acceptors (Lipinski definition) is 6. The van der Waals surface area contributed by atoms with Gasteiger partial charge in [-0.05, 0) is 50.1 Å². The van der Waals surface area contributed by atoms with Gasteiger partial charge in [-0.1, -0.05) is 18.2 Å². The normalized spacial score (nSPS) is 15.8. The van der Waals surface area contributed by atoms with E-state index in [0.29, 0.717) is 18.8 Å². The molecule has 0 radical (unpaired) electrons. The summed E-state index contributed by atoms with van der Waals surface area (Å²) < 4.78 is 58.4. The number of amides is 1. The van der Waals surface area contributed by atoms with E-state index in [1.165, 1.54) is 36.5 Å². The number of benzene rings is 2. The monoisotopic (exact) mass is 481 g/mol. The van der Waals surface area contributed by atoms with E-state index in [9.17, 15) is 21.6 Å². The maximum absolute atomic E-state index is 13.0. The van der Waals surface area contributed by atoms with Gasteiger partial charge in [0.05, 0.1) is 29.6 Å². The van der Waals surface area contributed by atoms with Crippen molar-refractivity contribution in [3.8, 4) is 5.75 Å². The summed E-state index contributed by atoms with van der Waals surface area (Å²) in [4.78, 5) is 13.1. The number of hydrogen-bond donors (Lipinski definition) is 1. The van der Waals surface area contributed by atoms with E-state index in [-0.39, 0.29) is 16.3 Å². The Morgan fingerprint density at radius 1 is 1.06 bits per heavy atom. The largest absolute Gasteiger partial charge is 0.495 e. The molecule has 0 aromatic heterocycles. The lowest BCUT2D eigenvalue weighted by Gasteiger charge is -2.28. The molecule has 1 saturated heterocycles. The van der Waals surface area contributed by atoms with Crippen molar-refractivity contribution in [1.82, 2.24) is 4.31 Å². The summed E-state index contributed by atoms with van der Waals surface area (Å²) in [6.07, 6.45) is 2.63. The summed E-state index contributed by atoms with van der Waals surface area (Å²) in [7, 11) is -6.08. The average molecular weight is 482 g/mol. The molecule has 0 spiro atoms. The summed E-state index contributed by atoms with van der Waals surface area (Å²) in [6.45, 7) is 2.36. The molecule has 0 unspecified atom stereocenters. The molecule has 11 heteroatoms. The van der Waals surface area contributed by atoms with Gasteiger partial charge < -0.3 is 10.1 Å². The second-order valence-electron chi connectivity index (χ2n) is 7.53. The molecule has 3 rings (SSSR count). The van der Waals surface area contributed by atoms with Gasteiger partial charge in [-0.2, -0.15) is 4.31 Å². The van der Waals surface area contributed by atoms with Crippen molar-refractivity contribution in [2.45, 2.75) is 30.7 Å². The molecule has 1 aliphatic heterocycles. The zero-order valence-corrected chi connectivity index (χ0v) is 19.8. The Bertz CT molecular complexity index is 1180. The van der Waals surface area contributed by atoms with Crippen LogP contribution in [0.2, 0.25) is 0 Å². The number of sulfonamides is 2. The van der Waals surface area contributed by atoms with Gasteiger partial charge in [-0.15, -0.1) is 0 Å². The van der Waals surface area contributed by atoms with Gasteiger partial charge in [0.2, 0.25) is 26.0 Å². The van der Waals surface area contributed by atoms with Crippen LogP contribution in [0.4, 0.5) is 11.4 Å². The van der Waals surface area contributed by atoms with Crippen LogP contribution in [0.3, 0.4) is 0 Å². The smallest absolute Gasteiger partial charge is 0.248 e. The predicted octanol–water partition coefficient (Wildman–Crippen LogP) is 2.27. The Hall–Kier alpha value is -2.63. The Morgan fingerprint density at radius 2 is 1.69 bits per heavy atom. The standard InChI is InChI=1S/C21H27N3O6S2/c1-16(24(31(3,26)27)17-9-5-4-6-10-17)21(25)22-19-15-18(11-12-20(19)30-2)32(28,29)23-13-7-8-14-23/h4-6,9-12,15-16H,7-8,13-14H2,1-3H3,(H,22,25)/t16-/m0/s1. The van der Waals surface area contributed by atoms with E-state index in [4.69, 9.17) is 4.74 Å². The molecule has 1 N–H and O–H groups in total. The minimum atomic E-state index is -3.77. The van der Waals surface area contributed by atoms with Gasteiger partial charge in [0, 0.05) is 13.1 Å². The summed E-state index contributed by atoms with van der Waals surface area (Å²) >= 11 is 0. The van der Waals surface area contributed by atoms with Crippen molar-refractivity contribution in [3.63, 3.8) is 0 Å². The number of anilines is 2. The molecule has 2 aromatic rings. The van der Waals surface area contributed by atoms with Gasteiger partial charge in [-0.25, -0.2) is 16.8 Å². The summed E-state index contributed by atoms with van der Waals surface area (Å²) in [5, 5.41) is 2.63. The highest BCUT2D eigenvalue weighted by molar-refractivity contribution is 7.92. The number of rotatable bonds is 8. The molecule has 0 bridgehead atoms. The van der Waals surface area contributed by atoms with Gasteiger partial charge in [0.1, 0.15) is 11.8 Å². The number of nitrogens with one attached hydrogen (secondary N) is 1. The lowest BCUT2D eigenvalue weighted by molar-refractivity contribution is -0.116. The Labute approximate surface area is 189 Å². The molecular formula is C21H27N3O6S2.